The highest BCUT2D eigenvalue weighted by Gasteiger charge is 2.56. The first-order chi connectivity index (χ1) is 6.95. The second-order valence-corrected chi connectivity index (χ2v) is 4.24. The van der Waals surface area contributed by atoms with Crippen molar-refractivity contribution in [1.82, 2.24) is 0 Å². The van der Waals surface area contributed by atoms with Crippen LogP contribution in [0.15, 0.2) is 0 Å². The maximum atomic E-state index is 12.9. The molecule has 2 nitrogen and oxygen atoms in total. The minimum atomic E-state index is -4.27. The fraction of sp³-hybridized carbons (Fsp3) is 1.00. The van der Waals surface area contributed by atoms with E-state index in [4.69, 9.17) is 10.5 Å². The Morgan fingerprint density at radius 1 is 1.47 bits per heavy atom. The van der Waals surface area contributed by atoms with E-state index in [1.54, 1.807) is 0 Å². The quantitative estimate of drug-likeness (QED) is 0.800. The number of halogens is 3. The van der Waals surface area contributed by atoms with Gasteiger partial charge >= 0.3 is 6.18 Å². The maximum Gasteiger partial charge on any atom is 0.417 e. The zero-order valence-electron chi connectivity index (χ0n) is 8.94. The summed E-state index contributed by atoms with van der Waals surface area (Å²) in [7, 11) is 1.15. The van der Waals surface area contributed by atoms with Gasteiger partial charge in [0.1, 0.15) is 0 Å². The zero-order chi connectivity index (χ0) is 11.5. The number of methoxy groups -OCH3 is 1. The average Bonchev–Trinajstić information content (AvgIpc) is 2.17. The molecule has 0 saturated heterocycles. The molecule has 0 bridgehead atoms. The Kier molecular flexibility index (Phi) is 4.00. The van der Waals surface area contributed by atoms with Crippen molar-refractivity contribution in [3.05, 3.63) is 0 Å². The summed E-state index contributed by atoms with van der Waals surface area (Å²) in [6, 6.07) is 0. The summed E-state index contributed by atoms with van der Waals surface area (Å²) in [6.45, 7) is 0.447. The van der Waals surface area contributed by atoms with Crippen LogP contribution in [0.2, 0.25) is 0 Å². The van der Waals surface area contributed by atoms with Crippen molar-refractivity contribution in [3.8, 4) is 0 Å². The Balaban J connectivity index is 2.73. The van der Waals surface area contributed by atoms with Crippen LogP contribution >= 0.6 is 0 Å². The van der Waals surface area contributed by atoms with E-state index in [0.29, 0.717) is 19.4 Å². The lowest BCUT2D eigenvalue weighted by atomic mass is 9.76. The van der Waals surface area contributed by atoms with Gasteiger partial charge in [-0.25, -0.2) is 0 Å². The molecule has 1 aliphatic rings. The van der Waals surface area contributed by atoms with Crippen LogP contribution in [0.4, 0.5) is 13.2 Å². The maximum absolute atomic E-state index is 12.9. The molecule has 0 radical (unpaired) electrons. The summed E-state index contributed by atoms with van der Waals surface area (Å²) < 4.78 is 43.3. The third-order valence-corrected chi connectivity index (χ3v) is 3.29. The largest absolute Gasteiger partial charge is 0.417 e. The van der Waals surface area contributed by atoms with Crippen LogP contribution in [0.1, 0.15) is 32.1 Å². The van der Waals surface area contributed by atoms with Gasteiger partial charge in [-0.15, -0.1) is 0 Å². The topological polar surface area (TPSA) is 35.2 Å². The molecule has 0 spiro atoms. The molecule has 15 heavy (non-hydrogen) atoms. The van der Waals surface area contributed by atoms with Crippen molar-refractivity contribution in [2.45, 2.75) is 43.9 Å². The molecule has 90 valence electrons. The fourth-order valence-corrected chi connectivity index (χ4v) is 2.39. The SMILES string of the molecule is COC1(C(F)(F)F)CCCC(CCN)C1. The summed E-state index contributed by atoms with van der Waals surface area (Å²) >= 11 is 0. The zero-order valence-corrected chi connectivity index (χ0v) is 8.94. The molecular weight excluding hydrogens is 207 g/mol. The molecule has 2 N–H and O–H groups in total. The lowest BCUT2D eigenvalue weighted by Gasteiger charge is -2.41. The van der Waals surface area contributed by atoms with E-state index < -0.39 is 11.8 Å². The number of ether oxygens (including phenoxy) is 1. The van der Waals surface area contributed by atoms with E-state index in [-0.39, 0.29) is 18.8 Å². The van der Waals surface area contributed by atoms with Crippen LogP contribution in [0, 0.1) is 5.92 Å². The van der Waals surface area contributed by atoms with Crippen LogP contribution in [0.25, 0.3) is 0 Å². The van der Waals surface area contributed by atoms with Gasteiger partial charge in [0.05, 0.1) is 0 Å². The van der Waals surface area contributed by atoms with E-state index in [1.807, 2.05) is 0 Å². The Hall–Kier alpha value is -0.290. The lowest BCUT2D eigenvalue weighted by Crippen LogP contribution is -2.50. The molecule has 0 aromatic rings. The number of rotatable bonds is 3. The summed E-state index contributed by atoms with van der Waals surface area (Å²) in [5.74, 6) is 0.0466. The van der Waals surface area contributed by atoms with Gasteiger partial charge in [-0.1, -0.05) is 6.42 Å². The molecule has 1 saturated carbocycles. The molecular formula is C10H18F3NO. The molecule has 5 heteroatoms. The number of alkyl halides is 3. The molecule has 0 heterocycles. The number of nitrogens with two attached hydrogens (primary N) is 1. The van der Waals surface area contributed by atoms with Gasteiger partial charge in [0, 0.05) is 7.11 Å². The summed E-state index contributed by atoms with van der Waals surface area (Å²) in [5, 5.41) is 0. The van der Waals surface area contributed by atoms with E-state index in [1.165, 1.54) is 0 Å². The molecule has 1 fully saturated rings. The minimum absolute atomic E-state index is 0.0466. The summed E-state index contributed by atoms with van der Waals surface area (Å²) in [6.07, 6.45) is -2.08. The van der Waals surface area contributed by atoms with Crippen molar-refractivity contribution in [1.29, 1.82) is 0 Å². The Morgan fingerprint density at radius 3 is 2.60 bits per heavy atom. The predicted octanol–water partition coefficient (Wildman–Crippen LogP) is 2.47. The Labute approximate surface area is 88.0 Å². The first-order valence-electron chi connectivity index (χ1n) is 5.27. The van der Waals surface area contributed by atoms with E-state index in [0.717, 1.165) is 13.5 Å². The summed E-state index contributed by atoms with van der Waals surface area (Å²) in [5.41, 5.74) is 3.45. The first-order valence-corrected chi connectivity index (χ1v) is 5.27. The van der Waals surface area contributed by atoms with Gasteiger partial charge in [0.25, 0.3) is 0 Å². The second kappa shape index (κ2) is 4.70. The van der Waals surface area contributed by atoms with E-state index in [9.17, 15) is 13.2 Å². The van der Waals surface area contributed by atoms with Crippen LogP contribution < -0.4 is 5.73 Å². The van der Waals surface area contributed by atoms with Crippen molar-refractivity contribution >= 4 is 0 Å². The third-order valence-electron chi connectivity index (χ3n) is 3.29. The highest BCUT2D eigenvalue weighted by Crippen LogP contribution is 2.46. The van der Waals surface area contributed by atoms with Crippen LogP contribution in [-0.4, -0.2) is 25.4 Å². The van der Waals surface area contributed by atoms with Gasteiger partial charge in [0.2, 0.25) is 0 Å². The smallest absolute Gasteiger partial charge is 0.369 e. The Bertz CT molecular complexity index is 205. The Morgan fingerprint density at radius 2 is 2.13 bits per heavy atom. The van der Waals surface area contributed by atoms with Gasteiger partial charge in [-0.3, -0.25) is 0 Å². The van der Waals surface area contributed by atoms with Crippen molar-refractivity contribution in [2.75, 3.05) is 13.7 Å². The predicted molar refractivity (Wildman–Crippen MR) is 51.4 cm³/mol. The molecule has 0 aromatic heterocycles. The van der Waals surface area contributed by atoms with Gasteiger partial charge in [-0.05, 0) is 38.1 Å². The molecule has 1 aliphatic carbocycles. The van der Waals surface area contributed by atoms with Crippen molar-refractivity contribution < 1.29 is 17.9 Å². The van der Waals surface area contributed by atoms with Crippen LogP contribution in [-0.2, 0) is 4.74 Å². The van der Waals surface area contributed by atoms with E-state index >= 15 is 0 Å². The molecule has 1 rings (SSSR count). The standard InChI is InChI=1S/C10H18F3NO/c1-15-9(10(11,12)13)5-2-3-8(7-9)4-6-14/h8H,2-7,14H2,1H3. The van der Waals surface area contributed by atoms with E-state index in [2.05, 4.69) is 0 Å². The van der Waals surface area contributed by atoms with Crippen molar-refractivity contribution in [3.63, 3.8) is 0 Å². The molecule has 2 unspecified atom stereocenters. The highest BCUT2D eigenvalue weighted by molar-refractivity contribution is 4.93. The molecule has 0 aliphatic heterocycles. The molecule has 0 aromatic carbocycles. The van der Waals surface area contributed by atoms with Crippen molar-refractivity contribution in [2.24, 2.45) is 11.7 Å². The minimum Gasteiger partial charge on any atom is -0.369 e. The number of hydrogen-bond acceptors (Lipinski definition) is 2. The van der Waals surface area contributed by atoms with Gasteiger partial charge in [-0.2, -0.15) is 13.2 Å². The molecule has 2 atom stereocenters. The van der Waals surface area contributed by atoms with Crippen LogP contribution in [0.5, 0.6) is 0 Å². The number of hydrogen-bond donors (Lipinski definition) is 1. The molecule has 0 amide bonds. The normalized spacial score (nSPS) is 33.0. The monoisotopic (exact) mass is 225 g/mol. The second-order valence-electron chi connectivity index (χ2n) is 4.24. The lowest BCUT2D eigenvalue weighted by molar-refractivity contribution is -0.284. The summed E-state index contributed by atoms with van der Waals surface area (Å²) in [4.78, 5) is 0. The van der Waals surface area contributed by atoms with Gasteiger partial charge in [0.15, 0.2) is 5.60 Å². The highest BCUT2D eigenvalue weighted by atomic mass is 19.4. The first kappa shape index (κ1) is 12.8. The average molecular weight is 225 g/mol. The van der Waals surface area contributed by atoms with Gasteiger partial charge < -0.3 is 10.5 Å². The van der Waals surface area contributed by atoms with Crippen LogP contribution in [0.3, 0.4) is 0 Å². The third kappa shape index (κ3) is 2.64. The fourth-order valence-electron chi connectivity index (χ4n) is 2.39.